The van der Waals surface area contributed by atoms with E-state index in [1.807, 2.05) is 54.6 Å². The highest BCUT2D eigenvalue weighted by Gasteiger charge is 2.09. The van der Waals surface area contributed by atoms with E-state index in [4.69, 9.17) is 9.47 Å². The van der Waals surface area contributed by atoms with E-state index in [1.54, 1.807) is 7.11 Å². The summed E-state index contributed by atoms with van der Waals surface area (Å²) < 4.78 is 11.1. The number of anilines is 2. The van der Waals surface area contributed by atoms with E-state index in [0.29, 0.717) is 18.0 Å². The Kier molecular flexibility index (Phi) is 6.74. The van der Waals surface area contributed by atoms with Crippen LogP contribution in [0.5, 0.6) is 11.5 Å². The normalized spacial score (nSPS) is 10.3. The lowest BCUT2D eigenvalue weighted by Crippen LogP contribution is -2.20. The Bertz CT molecular complexity index is 971. The largest absolute Gasteiger partial charge is 0.493 e. The molecular weight excluding hydrogens is 364 g/mol. The van der Waals surface area contributed by atoms with Gasteiger partial charge in [0, 0.05) is 17.9 Å². The summed E-state index contributed by atoms with van der Waals surface area (Å²) in [6, 6.07) is 21.2. The summed E-state index contributed by atoms with van der Waals surface area (Å²) in [6.07, 6.45) is 0. The topological polar surface area (TPSA) is 59.6 Å². The van der Waals surface area contributed by atoms with Crippen molar-refractivity contribution in [3.8, 4) is 11.5 Å². The van der Waals surface area contributed by atoms with Crippen LogP contribution in [0, 0.1) is 13.8 Å². The molecule has 0 saturated carbocycles. The maximum atomic E-state index is 12.1. The number of rotatable bonds is 8. The van der Waals surface area contributed by atoms with Crippen molar-refractivity contribution in [1.82, 2.24) is 0 Å². The monoisotopic (exact) mass is 390 g/mol. The molecule has 5 nitrogen and oxygen atoms in total. The summed E-state index contributed by atoms with van der Waals surface area (Å²) in [5, 5.41) is 6.25. The first-order chi connectivity index (χ1) is 14.1. The molecule has 0 atom stereocenters. The minimum absolute atomic E-state index is 0.0919. The number of hydrogen-bond donors (Lipinski definition) is 2. The average Bonchev–Trinajstić information content (AvgIpc) is 2.74. The molecule has 0 bridgehead atoms. The van der Waals surface area contributed by atoms with Crippen LogP contribution >= 0.6 is 0 Å². The van der Waals surface area contributed by atoms with Gasteiger partial charge in [0.25, 0.3) is 5.91 Å². The fraction of sp³-hybridized carbons (Fsp3) is 0.208. The molecule has 0 saturated heterocycles. The SMILES string of the molecule is COc1cc(CNc2cccc(C)c2C)ccc1OCC(=O)Nc1ccccc1. The van der Waals surface area contributed by atoms with Crippen molar-refractivity contribution in [2.75, 3.05) is 24.4 Å². The second-order valence-electron chi connectivity index (χ2n) is 6.79. The summed E-state index contributed by atoms with van der Waals surface area (Å²) in [6.45, 7) is 4.78. The third-order valence-corrected chi connectivity index (χ3v) is 4.73. The summed E-state index contributed by atoms with van der Waals surface area (Å²) >= 11 is 0. The van der Waals surface area contributed by atoms with Gasteiger partial charge < -0.3 is 20.1 Å². The fourth-order valence-electron chi connectivity index (χ4n) is 2.94. The maximum absolute atomic E-state index is 12.1. The first kappa shape index (κ1) is 20.3. The molecule has 0 aliphatic rings. The third-order valence-electron chi connectivity index (χ3n) is 4.73. The van der Waals surface area contributed by atoms with Crippen LogP contribution in [0.15, 0.2) is 66.7 Å². The van der Waals surface area contributed by atoms with Crippen LogP contribution in [0.4, 0.5) is 11.4 Å². The van der Waals surface area contributed by atoms with Gasteiger partial charge in [0.1, 0.15) is 0 Å². The van der Waals surface area contributed by atoms with Gasteiger partial charge in [-0.1, -0.05) is 36.4 Å². The van der Waals surface area contributed by atoms with Crippen molar-refractivity contribution in [3.05, 3.63) is 83.4 Å². The summed E-state index contributed by atoms with van der Waals surface area (Å²) in [4.78, 5) is 12.1. The molecule has 29 heavy (non-hydrogen) atoms. The molecule has 0 aliphatic carbocycles. The smallest absolute Gasteiger partial charge is 0.262 e. The lowest BCUT2D eigenvalue weighted by molar-refractivity contribution is -0.118. The van der Waals surface area contributed by atoms with Crippen LogP contribution in [-0.2, 0) is 11.3 Å². The molecule has 0 unspecified atom stereocenters. The molecule has 0 spiro atoms. The molecule has 3 aromatic rings. The van der Waals surface area contributed by atoms with E-state index in [2.05, 4.69) is 36.6 Å². The highest BCUT2D eigenvalue weighted by molar-refractivity contribution is 5.91. The molecule has 0 fully saturated rings. The van der Waals surface area contributed by atoms with Gasteiger partial charge in [-0.3, -0.25) is 4.79 Å². The summed E-state index contributed by atoms with van der Waals surface area (Å²) in [7, 11) is 1.59. The zero-order valence-electron chi connectivity index (χ0n) is 17.0. The van der Waals surface area contributed by atoms with E-state index in [-0.39, 0.29) is 12.5 Å². The molecular formula is C24H26N2O3. The molecule has 3 aromatic carbocycles. The van der Waals surface area contributed by atoms with Gasteiger partial charge >= 0.3 is 0 Å². The second-order valence-corrected chi connectivity index (χ2v) is 6.79. The zero-order chi connectivity index (χ0) is 20.6. The van der Waals surface area contributed by atoms with Gasteiger partial charge in [0.05, 0.1) is 7.11 Å². The minimum atomic E-state index is -0.223. The van der Waals surface area contributed by atoms with Crippen LogP contribution < -0.4 is 20.1 Å². The number of amides is 1. The van der Waals surface area contributed by atoms with Crippen LogP contribution in [0.25, 0.3) is 0 Å². The first-order valence-corrected chi connectivity index (χ1v) is 9.51. The minimum Gasteiger partial charge on any atom is -0.493 e. The second kappa shape index (κ2) is 9.64. The van der Waals surface area contributed by atoms with Gasteiger partial charge in [-0.15, -0.1) is 0 Å². The number of benzene rings is 3. The van der Waals surface area contributed by atoms with Gasteiger partial charge in [-0.25, -0.2) is 0 Å². The standard InChI is InChI=1S/C24H26N2O3/c1-17-8-7-11-21(18(17)2)25-15-19-12-13-22(23(14-19)28-3)29-16-24(27)26-20-9-5-4-6-10-20/h4-14,25H,15-16H2,1-3H3,(H,26,27). The number of methoxy groups -OCH3 is 1. The zero-order valence-corrected chi connectivity index (χ0v) is 17.0. The number of ether oxygens (including phenoxy) is 2. The van der Waals surface area contributed by atoms with Crippen molar-refractivity contribution in [1.29, 1.82) is 0 Å². The highest BCUT2D eigenvalue weighted by atomic mass is 16.5. The highest BCUT2D eigenvalue weighted by Crippen LogP contribution is 2.29. The van der Waals surface area contributed by atoms with Crippen LogP contribution in [0.2, 0.25) is 0 Å². The van der Waals surface area contributed by atoms with Crippen molar-refractivity contribution >= 4 is 17.3 Å². The van der Waals surface area contributed by atoms with E-state index in [1.165, 1.54) is 11.1 Å². The van der Waals surface area contributed by atoms with Crippen molar-refractivity contribution in [3.63, 3.8) is 0 Å². The molecule has 0 heterocycles. The number of para-hydroxylation sites is 1. The van der Waals surface area contributed by atoms with E-state index in [0.717, 1.165) is 16.9 Å². The number of hydrogen-bond acceptors (Lipinski definition) is 4. The third kappa shape index (κ3) is 5.51. The molecule has 2 N–H and O–H groups in total. The number of carbonyl (C=O) groups is 1. The number of nitrogens with one attached hydrogen (secondary N) is 2. The van der Waals surface area contributed by atoms with Crippen molar-refractivity contribution < 1.29 is 14.3 Å². The Morgan fingerprint density at radius 1 is 0.931 bits per heavy atom. The van der Waals surface area contributed by atoms with E-state index < -0.39 is 0 Å². The molecule has 150 valence electrons. The molecule has 0 aliphatic heterocycles. The Morgan fingerprint density at radius 3 is 2.48 bits per heavy atom. The Balaban J connectivity index is 1.59. The Morgan fingerprint density at radius 2 is 1.72 bits per heavy atom. The van der Waals surface area contributed by atoms with Gasteiger partial charge in [-0.2, -0.15) is 0 Å². The predicted octanol–water partition coefficient (Wildman–Crippen LogP) is 4.94. The maximum Gasteiger partial charge on any atom is 0.262 e. The van der Waals surface area contributed by atoms with Crippen molar-refractivity contribution in [2.45, 2.75) is 20.4 Å². The molecule has 1 amide bonds. The van der Waals surface area contributed by atoms with Crippen LogP contribution in [0.3, 0.4) is 0 Å². The summed E-state index contributed by atoms with van der Waals surface area (Å²) in [5.41, 5.74) is 5.40. The Labute approximate surface area is 171 Å². The Hall–Kier alpha value is -3.47. The van der Waals surface area contributed by atoms with Crippen LogP contribution in [-0.4, -0.2) is 19.6 Å². The van der Waals surface area contributed by atoms with Gasteiger partial charge in [0.15, 0.2) is 18.1 Å². The lowest BCUT2D eigenvalue weighted by atomic mass is 10.1. The van der Waals surface area contributed by atoms with Gasteiger partial charge in [0.2, 0.25) is 0 Å². The molecule has 0 radical (unpaired) electrons. The van der Waals surface area contributed by atoms with E-state index >= 15 is 0 Å². The number of carbonyl (C=O) groups excluding carboxylic acids is 1. The quantitative estimate of drug-likeness (QED) is 0.572. The molecule has 5 heteroatoms. The fourth-order valence-corrected chi connectivity index (χ4v) is 2.94. The lowest BCUT2D eigenvalue weighted by Gasteiger charge is -2.14. The van der Waals surface area contributed by atoms with Crippen LogP contribution in [0.1, 0.15) is 16.7 Å². The van der Waals surface area contributed by atoms with Gasteiger partial charge in [-0.05, 0) is 60.9 Å². The molecule has 3 rings (SSSR count). The summed E-state index contributed by atoms with van der Waals surface area (Å²) in [5.74, 6) is 0.905. The predicted molar refractivity (Wildman–Crippen MR) is 117 cm³/mol. The van der Waals surface area contributed by atoms with Crippen molar-refractivity contribution in [2.24, 2.45) is 0 Å². The average molecular weight is 390 g/mol. The first-order valence-electron chi connectivity index (χ1n) is 9.51. The number of aryl methyl sites for hydroxylation is 1. The van der Waals surface area contributed by atoms with E-state index in [9.17, 15) is 4.79 Å². The molecule has 0 aromatic heterocycles.